The maximum absolute atomic E-state index is 11.8. The van der Waals surface area contributed by atoms with E-state index >= 15 is 0 Å². The van der Waals surface area contributed by atoms with E-state index in [2.05, 4.69) is 41.5 Å². The molecule has 0 amide bonds. The van der Waals surface area contributed by atoms with E-state index in [0.29, 0.717) is 11.8 Å². The van der Waals surface area contributed by atoms with Crippen LogP contribution < -0.4 is 4.89 Å². The number of rotatable bonds is 29. The van der Waals surface area contributed by atoms with Crippen LogP contribution in [0.25, 0.3) is 0 Å². The fourth-order valence-corrected chi connectivity index (χ4v) is 5.64. The molecule has 246 valence electrons. The third kappa shape index (κ3) is 34.8. The zero-order valence-electron chi connectivity index (χ0n) is 27.6. The van der Waals surface area contributed by atoms with Crippen molar-refractivity contribution in [2.45, 2.75) is 189 Å². The second kappa shape index (κ2) is 35.8. The summed E-state index contributed by atoms with van der Waals surface area (Å²) >= 11 is 0. The predicted molar refractivity (Wildman–Crippen MR) is 171 cm³/mol. The molecule has 0 spiro atoms. The van der Waals surface area contributed by atoms with Crippen molar-refractivity contribution in [3.63, 3.8) is 0 Å². The Hall–Kier alpha value is 0.604. The maximum Gasteiger partial charge on any atom is 2.00 e. The van der Waals surface area contributed by atoms with Gasteiger partial charge < -0.3 is 20.9 Å². The average molecular weight is 634 g/mol. The van der Waals surface area contributed by atoms with E-state index in [0.717, 1.165) is 57.8 Å². The maximum atomic E-state index is 11.8. The molecule has 0 aliphatic carbocycles. The average Bonchev–Trinajstić information content (AvgIpc) is 2.94. The molecule has 0 fully saturated rings. The Morgan fingerprint density at radius 2 is 0.850 bits per heavy atom. The van der Waals surface area contributed by atoms with Gasteiger partial charge in [0.05, 0.1) is 13.2 Å². The van der Waals surface area contributed by atoms with Crippen LogP contribution in [0.15, 0.2) is 0 Å². The summed E-state index contributed by atoms with van der Waals surface area (Å²) in [7, 11) is -4.14. The molecular formula is C34H71NiO4P. The molecule has 0 aromatic rings. The van der Waals surface area contributed by atoms with Crippen molar-refractivity contribution in [1.82, 2.24) is 0 Å². The Morgan fingerprint density at radius 3 is 1.12 bits per heavy atom. The quantitative estimate of drug-likeness (QED) is 0.0356. The van der Waals surface area contributed by atoms with Crippen LogP contribution in [0, 0.1) is 18.8 Å². The standard InChI is InChI=1S/C18H37.C16H35O4P.Ni/c1-3-5-7-9-11-13-15-17-18-16-14-12-10-8-6-4-2;1-5-9-11-15(7-3)13-19-21(17,18)20-14-16(8-4)12-10-6-2;/h1,3-18H2,2H3;15-16H,5-14H2,1-4H3,(H,17,18);/q-1;;+2/p-1. The van der Waals surface area contributed by atoms with E-state index in [1.54, 1.807) is 0 Å². The van der Waals surface area contributed by atoms with Gasteiger partial charge in [0.1, 0.15) is 0 Å². The fourth-order valence-electron chi connectivity index (χ4n) is 4.77. The Kier molecular flexibility index (Phi) is 40.3. The van der Waals surface area contributed by atoms with Crippen molar-refractivity contribution in [2.75, 3.05) is 13.2 Å². The second-order valence-electron chi connectivity index (χ2n) is 11.7. The summed E-state index contributed by atoms with van der Waals surface area (Å²) in [6.07, 6.45) is 31.2. The van der Waals surface area contributed by atoms with Crippen molar-refractivity contribution < 1.29 is 35.0 Å². The van der Waals surface area contributed by atoms with Crippen molar-refractivity contribution >= 4 is 7.82 Å². The van der Waals surface area contributed by atoms with E-state index in [1.165, 1.54) is 96.3 Å². The van der Waals surface area contributed by atoms with Crippen LogP contribution in [0.3, 0.4) is 0 Å². The first-order chi connectivity index (χ1) is 18.9. The summed E-state index contributed by atoms with van der Waals surface area (Å²) in [6, 6.07) is 0. The van der Waals surface area contributed by atoms with Gasteiger partial charge in [0.25, 0.3) is 7.82 Å². The fraction of sp³-hybridized carbons (Fsp3) is 0.971. The smallest absolute Gasteiger partial charge is 0.756 e. The normalized spacial score (nSPS) is 14.1. The van der Waals surface area contributed by atoms with Gasteiger partial charge in [-0.3, -0.25) is 4.57 Å². The zero-order chi connectivity index (χ0) is 29.5. The first-order valence-corrected chi connectivity index (χ1v) is 18.8. The summed E-state index contributed by atoms with van der Waals surface area (Å²) in [5, 5.41) is 0. The van der Waals surface area contributed by atoms with E-state index < -0.39 is 7.82 Å². The summed E-state index contributed by atoms with van der Waals surface area (Å²) in [5.74, 6) is 0.607. The van der Waals surface area contributed by atoms with Crippen LogP contribution in [-0.2, 0) is 30.1 Å². The predicted octanol–water partition coefficient (Wildman–Crippen LogP) is 12.0. The van der Waals surface area contributed by atoms with E-state index in [9.17, 15) is 9.46 Å². The SMILES string of the molecule is CCCCC(CC)COP(=O)([O-])OCC(CC)CCCC.[CH2-]CCCCCCCCCCCCCCCCC.[Ni+2]. The summed E-state index contributed by atoms with van der Waals surface area (Å²) in [6.45, 7) is 15.1. The van der Waals surface area contributed by atoms with Gasteiger partial charge in [-0.05, 0) is 24.7 Å². The molecule has 0 bridgehead atoms. The molecule has 6 heteroatoms. The number of phosphoric acid groups is 1. The first kappa shape index (κ1) is 45.0. The summed E-state index contributed by atoms with van der Waals surface area (Å²) < 4.78 is 21.9. The van der Waals surface area contributed by atoms with Gasteiger partial charge >= 0.3 is 16.5 Å². The van der Waals surface area contributed by atoms with Gasteiger partial charge in [-0.15, -0.1) is 0 Å². The Morgan fingerprint density at radius 1 is 0.550 bits per heavy atom. The Bertz CT molecular complexity index is 466. The van der Waals surface area contributed by atoms with Gasteiger partial charge in [-0.25, -0.2) is 0 Å². The molecule has 0 aromatic heterocycles. The molecule has 0 aliphatic heterocycles. The minimum Gasteiger partial charge on any atom is -0.756 e. The molecule has 2 unspecified atom stereocenters. The number of hydrogen-bond donors (Lipinski definition) is 0. The molecule has 0 N–H and O–H groups in total. The molecule has 0 heterocycles. The van der Waals surface area contributed by atoms with Crippen LogP contribution in [-0.4, -0.2) is 13.2 Å². The van der Waals surface area contributed by atoms with E-state index in [-0.39, 0.29) is 29.7 Å². The summed E-state index contributed by atoms with van der Waals surface area (Å²) in [5.41, 5.74) is 0. The van der Waals surface area contributed by atoms with Gasteiger partial charge in [-0.1, -0.05) is 169 Å². The second-order valence-corrected chi connectivity index (χ2v) is 13.1. The molecule has 0 saturated heterocycles. The first-order valence-electron chi connectivity index (χ1n) is 17.3. The third-order valence-corrected chi connectivity index (χ3v) is 8.81. The largest absolute Gasteiger partial charge is 2.00 e. The van der Waals surface area contributed by atoms with Gasteiger partial charge in [0.2, 0.25) is 0 Å². The molecule has 0 aliphatic rings. The molecule has 40 heavy (non-hydrogen) atoms. The molecule has 2 atom stereocenters. The third-order valence-electron chi connectivity index (χ3n) is 7.88. The number of unbranched alkanes of at least 4 members (excludes halogenated alkanes) is 17. The molecule has 4 nitrogen and oxygen atoms in total. The molecule has 0 saturated carbocycles. The number of hydrogen-bond acceptors (Lipinski definition) is 4. The number of phosphoric ester groups is 1. The topological polar surface area (TPSA) is 58.6 Å². The Labute approximate surface area is 262 Å². The van der Waals surface area contributed by atoms with E-state index in [1.807, 2.05) is 0 Å². The minimum atomic E-state index is -4.14. The molecular weight excluding hydrogens is 562 g/mol. The van der Waals surface area contributed by atoms with Crippen LogP contribution in [0.2, 0.25) is 0 Å². The van der Waals surface area contributed by atoms with Gasteiger partial charge in [0.15, 0.2) is 0 Å². The van der Waals surface area contributed by atoms with Crippen LogP contribution in [0.1, 0.15) is 189 Å². The van der Waals surface area contributed by atoms with E-state index in [4.69, 9.17) is 9.05 Å². The van der Waals surface area contributed by atoms with Crippen molar-refractivity contribution in [3.05, 3.63) is 6.92 Å². The molecule has 0 rings (SSSR count). The monoisotopic (exact) mass is 632 g/mol. The Balaban J connectivity index is -0.000000675. The molecule has 0 aromatic carbocycles. The minimum absolute atomic E-state index is 0. The van der Waals surface area contributed by atoms with Crippen LogP contribution in [0.5, 0.6) is 0 Å². The van der Waals surface area contributed by atoms with Crippen molar-refractivity contribution in [3.8, 4) is 0 Å². The van der Waals surface area contributed by atoms with Crippen molar-refractivity contribution in [2.24, 2.45) is 11.8 Å². The van der Waals surface area contributed by atoms with Crippen LogP contribution in [0.4, 0.5) is 0 Å². The van der Waals surface area contributed by atoms with Gasteiger partial charge in [-0.2, -0.15) is 6.42 Å². The van der Waals surface area contributed by atoms with Gasteiger partial charge in [0, 0.05) is 0 Å². The zero-order valence-corrected chi connectivity index (χ0v) is 29.5. The van der Waals surface area contributed by atoms with Crippen LogP contribution >= 0.6 is 7.82 Å². The van der Waals surface area contributed by atoms with Crippen molar-refractivity contribution in [1.29, 1.82) is 0 Å². The summed E-state index contributed by atoms with van der Waals surface area (Å²) in [4.78, 5) is 11.8. The molecule has 0 radical (unpaired) electrons.